The van der Waals surface area contributed by atoms with E-state index in [4.69, 9.17) is 0 Å². The van der Waals surface area contributed by atoms with Crippen LogP contribution in [0.2, 0.25) is 0 Å². The van der Waals surface area contributed by atoms with Crippen LogP contribution in [-0.2, 0) is 6.42 Å². The summed E-state index contributed by atoms with van der Waals surface area (Å²) in [6.07, 6.45) is 2.96. The molecule has 2 aromatic rings. The molecule has 68 valence electrons. The SMILES string of the molecule is CCc1ccc2nc(SC)[nH]c2n1. The summed E-state index contributed by atoms with van der Waals surface area (Å²) in [7, 11) is 0. The number of aromatic amines is 1. The van der Waals surface area contributed by atoms with E-state index in [1.54, 1.807) is 11.8 Å². The van der Waals surface area contributed by atoms with Crippen LogP contribution in [0, 0.1) is 0 Å². The monoisotopic (exact) mass is 193 g/mol. The molecule has 2 rings (SSSR count). The quantitative estimate of drug-likeness (QED) is 0.744. The van der Waals surface area contributed by atoms with Crippen molar-refractivity contribution in [2.75, 3.05) is 6.26 Å². The number of thioether (sulfide) groups is 1. The lowest BCUT2D eigenvalue weighted by atomic mass is 10.3. The van der Waals surface area contributed by atoms with Gasteiger partial charge in [-0.15, -0.1) is 0 Å². The molecule has 0 aliphatic rings. The average molecular weight is 193 g/mol. The summed E-state index contributed by atoms with van der Waals surface area (Å²) >= 11 is 1.60. The maximum Gasteiger partial charge on any atom is 0.167 e. The van der Waals surface area contributed by atoms with Gasteiger partial charge in [-0.1, -0.05) is 18.7 Å². The van der Waals surface area contributed by atoms with Crippen molar-refractivity contribution in [2.45, 2.75) is 18.5 Å². The molecule has 0 saturated heterocycles. The van der Waals surface area contributed by atoms with Crippen LogP contribution in [0.5, 0.6) is 0 Å². The number of imidazole rings is 1. The Balaban J connectivity index is 2.57. The molecule has 4 heteroatoms. The van der Waals surface area contributed by atoms with Gasteiger partial charge in [-0.25, -0.2) is 9.97 Å². The van der Waals surface area contributed by atoms with Gasteiger partial charge in [0.05, 0.1) is 0 Å². The van der Waals surface area contributed by atoms with Crippen LogP contribution in [0.1, 0.15) is 12.6 Å². The molecule has 0 fully saturated rings. The van der Waals surface area contributed by atoms with Crippen molar-refractivity contribution in [3.63, 3.8) is 0 Å². The van der Waals surface area contributed by atoms with Gasteiger partial charge in [0, 0.05) is 5.69 Å². The maximum absolute atomic E-state index is 4.43. The van der Waals surface area contributed by atoms with Crippen molar-refractivity contribution in [3.8, 4) is 0 Å². The third-order valence-electron chi connectivity index (χ3n) is 1.93. The van der Waals surface area contributed by atoms with Crippen LogP contribution in [0.25, 0.3) is 11.2 Å². The second kappa shape index (κ2) is 3.38. The van der Waals surface area contributed by atoms with Crippen molar-refractivity contribution in [3.05, 3.63) is 17.8 Å². The second-order valence-corrected chi connectivity index (χ2v) is 3.56. The van der Waals surface area contributed by atoms with Gasteiger partial charge in [0.2, 0.25) is 0 Å². The molecule has 1 N–H and O–H groups in total. The predicted molar refractivity (Wildman–Crippen MR) is 55.0 cm³/mol. The average Bonchev–Trinajstić information content (AvgIpc) is 2.58. The first kappa shape index (κ1) is 8.56. The van der Waals surface area contributed by atoms with E-state index in [2.05, 4.69) is 21.9 Å². The Labute approximate surface area is 81.0 Å². The lowest BCUT2D eigenvalue weighted by molar-refractivity contribution is 1.04. The van der Waals surface area contributed by atoms with Crippen LogP contribution in [-0.4, -0.2) is 21.2 Å². The van der Waals surface area contributed by atoms with Gasteiger partial charge in [0.1, 0.15) is 5.52 Å². The number of fused-ring (bicyclic) bond motifs is 1. The highest BCUT2D eigenvalue weighted by atomic mass is 32.2. The Kier molecular flexibility index (Phi) is 2.22. The largest absolute Gasteiger partial charge is 0.318 e. The van der Waals surface area contributed by atoms with Crippen molar-refractivity contribution < 1.29 is 0 Å². The molecule has 0 aliphatic heterocycles. The molecule has 2 aromatic heterocycles. The minimum atomic E-state index is 0.892. The Morgan fingerprint density at radius 3 is 2.92 bits per heavy atom. The molecule has 0 atom stereocenters. The Morgan fingerprint density at radius 1 is 1.38 bits per heavy atom. The molecule has 2 heterocycles. The highest BCUT2D eigenvalue weighted by Gasteiger charge is 2.02. The molecule has 0 unspecified atom stereocenters. The minimum absolute atomic E-state index is 0.892. The number of pyridine rings is 1. The van der Waals surface area contributed by atoms with Gasteiger partial charge in [-0.3, -0.25) is 0 Å². The summed E-state index contributed by atoms with van der Waals surface area (Å²) in [5.41, 5.74) is 2.94. The van der Waals surface area contributed by atoms with Gasteiger partial charge >= 0.3 is 0 Å². The van der Waals surface area contributed by atoms with Gasteiger partial charge < -0.3 is 4.98 Å². The third kappa shape index (κ3) is 1.54. The summed E-state index contributed by atoms with van der Waals surface area (Å²) in [5.74, 6) is 0. The number of H-pyrrole nitrogens is 1. The number of nitrogens with one attached hydrogen (secondary N) is 1. The number of hydrogen-bond acceptors (Lipinski definition) is 3. The molecular formula is C9H11N3S. The molecule has 0 spiro atoms. The number of aryl methyl sites for hydroxylation is 1. The van der Waals surface area contributed by atoms with Crippen LogP contribution >= 0.6 is 11.8 Å². The summed E-state index contributed by atoms with van der Waals surface area (Å²) in [4.78, 5) is 11.9. The van der Waals surface area contributed by atoms with E-state index < -0.39 is 0 Å². The Bertz CT molecular complexity index is 420. The van der Waals surface area contributed by atoms with Gasteiger partial charge in [-0.05, 0) is 24.8 Å². The zero-order valence-corrected chi connectivity index (χ0v) is 8.48. The fourth-order valence-corrected chi connectivity index (χ4v) is 1.60. The molecule has 0 saturated carbocycles. The lowest BCUT2D eigenvalue weighted by Crippen LogP contribution is -1.86. The zero-order valence-electron chi connectivity index (χ0n) is 7.66. The van der Waals surface area contributed by atoms with Gasteiger partial charge in [-0.2, -0.15) is 0 Å². The topological polar surface area (TPSA) is 41.6 Å². The van der Waals surface area contributed by atoms with Crippen molar-refractivity contribution in [2.24, 2.45) is 0 Å². The van der Waals surface area contributed by atoms with E-state index >= 15 is 0 Å². The molecule has 0 amide bonds. The third-order valence-corrected chi connectivity index (χ3v) is 2.51. The van der Waals surface area contributed by atoms with Crippen molar-refractivity contribution in [1.82, 2.24) is 15.0 Å². The molecule has 3 nitrogen and oxygen atoms in total. The molecular weight excluding hydrogens is 182 g/mol. The first-order chi connectivity index (χ1) is 6.33. The standard InChI is InChI=1S/C9H11N3S/c1-3-6-4-5-7-8(10-6)12-9(11-7)13-2/h4-5H,3H2,1-2H3,(H,10,11,12). The van der Waals surface area contributed by atoms with E-state index in [1.807, 2.05) is 18.4 Å². The summed E-state index contributed by atoms with van der Waals surface area (Å²) < 4.78 is 0. The highest BCUT2D eigenvalue weighted by Crippen LogP contribution is 2.15. The zero-order chi connectivity index (χ0) is 9.26. The van der Waals surface area contributed by atoms with Gasteiger partial charge in [0.15, 0.2) is 10.8 Å². The lowest BCUT2D eigenvalue weighted by Gasteiger charge is -1.92. The second-order valence-electron chi connectivity index (χ2n) is 2.77. The van der Waals surface area contributed by atoms with E-state index in [-0.39, 0.29) is 0 Å². The van der Waals surface area contributed by atoms with Crippen LogP contribution in [0.4, 0.5) is 0 Å². The molecule has 13 heavy (non-hydrogen) atoms. The number of hydrogen-bond donors (Lipinski definition) is 1. The first-order valence-corrected chi connectivity index (χ1v) is 5.45. The van der Waals surface area contributed by atoms with E-state index in [1.165, 1.54) is 0 Å². The summed E-state index contributed by atoms with van der Waals surface area (Å²) in [6, 6.07) is 4.03. The van der Waals surface area contributed by atoms with E-state index in [0.717, 1.165) is 28.4 Å². The fraction of sp³-hybridized carbons (Fsp3) is 0.333. The van der Waals surface area contributed by atoms with Gasteiger partial charge in [0.25, 0.3) is 0 Å². The Morgan fingerprint density at radius 2 is 2.23 bits per heavy atom. The minimum Gasteiger partial charge on any atom is -0.318 e. The Hall–Kier alpha value is -1.03. The molecule has 0 radical (unpaired) electrons. The predicted octanol–water partition coefficient (Wildman–Crippen LogP) is 2.24. The number of rotatable bonds is 2. The summed E-state index contributed by atoms with van der Waals surface area (Å²) in [5, 5.41) is 0.927. The fourth-order valence-electron chi connectivity index (χ4n) is 1.21. The highest BCUT2D eigenvalue weighted by molar-refractivity contribution is 7.98. The number of nitrogens with zero attached hydrogens (tertiary/aromatic N) is 2. The smallest absolute Gasteiger partial charge is 0.167 e. The summed E-state index contributed by atoms with van der Waals surface area (Å²) in [6.45, 7) is 2.10. The van der Waals surface area contributed by atoms with Crippen molar-refractivity contribution in [1.29, 1.82) is 0 Å². The van der Waals surface area contributed by atoms with Crippen molar-refractivity contribution >= 4 is 22.9 Å². The number of aromatic nitrogens is 3. The van der Waals surface area contributed by atoms with Crippen LogP contribution < -0.4 is 0 Å². The molecule has 0 aromatic carbocycles. The maximum atomic E-state index is 4.43. The van der Waals surface area contributed by atoms with E-state index in [0.29, 0.717) is 0 Å². The first-order valence-electron chi connectivity index (χ1n) is 4.23. The molecule has 0 aliphatic carbocycles. The van der Waals surface area contributed by atoms with E-state index in [9.17, 15) is 0 Å². The van der Waals surface area contributed by atoms with Crippen LogP contribution in [0.3, 0.4) is 0 Å². The normalized spacial score (nSPS) is 10.9. The van der Waals surface area contributed by atoms with Crippen LogP contribution in [0.15, 0.2) is 17.3 Å². The molecule has 0 bridgehead atoms.